The lowest BCUT2D eigenvalue weighted by Gasteiger charge is -2.13. The lowest BCUT2D eigenvalue weighted by Crippen LogP contribution is -1.98. The van der Waals surface area contributed by atoms with Crippen molar-refractivity contribution in [1.82, 2.24) is 0 Å². The van der Waals surface area contributed by atoms with E-state index in [-0.39, 0.29) is 0 Å². The first-order chi connectivity index (χ1) is 6.76. The molecule has 0 radical (unpaired) electrons. The van der Waals surface area contributed by atoms with Gasteiger partial charge in [-0.3, -0.25) is 0 Å². The molecule has 14 heavy (non-hydrogen) atoms. The van der Waals surface area contributed by atoms with E-state index in [9.17, 15) is 0 Å². The molecular formula is C13H20O. The van der Waals surface area contributed by atoms with Crippen LogP contribution in [-0.4, -0.2) is 7.11 Å². The Morgan fingerprint density at radius 2 is 1.43 bits per heavy atom. The first-order valence-electron chi connectivity index (χ1n) is 5.45. The third kappa shape index (κ3) is 2.09. The summed E-state index contributed by atoms with van der Waals surface area (Å²) in [7, 11) is 1.76. The zero-order valence-electron chi connectivity index (χ0n) is 9.68. The fourth-order valence-electron chi connectivity index (χ4n) is 1.82. The van der Waals surface area contributed by atoms with Gasteiger partial charge in [-0.1, -0.05) is 32.9 Å². The van der Waals surface area contributed by atoms with Gasteiger partial charge in [0, 0.05) is 0 Å². The molecule has 1 heteroatoms. The van der Waals surface area contributed by atoms with Crippen molar-refractivity contribution in [3.8, 4) is 5.75 Å². The van der Waals surface area contributed by atoms with Crippen LogP contribution in [0.2, 0.25) is 0 Å². The van der Waals surface area contributed by atoms with Gasteiger partial charge in [0.15, 0.2) is 0 Å². The maximum atomic E-state index is 5.46. The van der Waals surface area contributed by atoms with Gasteiger partial charge in [-0.2, -0.15) is 0 Å². The predicted octanol–water partition coefficient (Wildman–Crippen LogP) is 3.38. The number of hydrogen-bond donors (Lipinski definition) is 0. The molecule has 1 aromatic carbocycles. The van der Waals surface area contributed by atoms with Crippen LogP contribution in [0.5, 0.6) is 5.75 Å². The van der Waals surface area contributed by atoms with Gasteiger partial charge in [-0.15, -0.1) is 0 Å². The van der Waals surface area contributed by atoms with E-state index in [1.165, 1.54) is 16.7 Å². The van der Waals surface area contributed by atoms with Gasteiger partial charge in [-0.25, -0.2) is 0 Å². The Hall–Kier alpha value is -0.980. The van der Waals surface area contributed by atoms with Crippen molar-refractivity contribution in [3.05, 3.63) is 28.8 Å². The fraction of sp³-hybridized carbons (Fsp3) is 0.538. The van der Waals surface area contributed by atoms with Crippen LogP contribution in [0.1, 0.15) is 37.5 Å². The number of methoxy groups -OCH3 is 1. The summed E-state index contributed by atoms with van der Waals surface area (Å²) in [4.78, 5) is 0. The SMILES string of the molecule is CCc1cc(CC)c(OC)c(CC)c1. The van der Waals surface area contributed by atoms with Gasteiger partial charge < -0.3 is 4.74 Å². The predicted molar refractivity (Wildman–Crippen MR) is 61.1 cm³/mol. The molecule has 0 saturated carbocycles. The highest BCUT2D eigenvalue weighted by Gasteiger charge is 2.08. The summed E-state index contributed by atoms with van der Waals surface area (Å²) in [6.07, 6.45) is 3.19. The zero-order valence-corrected chi connectivity index (χ0v) is 9.68. The number of ether oxygens (including phenoxy) is 1. The Morgan fingerprint density at radius 3 is 1.71 bits per heavy atom. The van der Waals surface area contributed by atoms with Crippen molar-refractivity contribution in [3.63, 3.8) is 0 Å². The van der Waals surface area contributed by atoms with E-state index < -0.39 is 0 Å². The van der Waals surface area contributed by atoms with Gasteiger partial charge in [0.1, 0.15) is 5.75 Å². The highest BCUT2D eigenvalue weighted by atomic mass is 16.5. The first kappa shape index (κ1) is 11.1. The van der Waals surface area contributed by atoms with E-state index in [2.05, 4.69) is 32.9 Å². The maximum absolute atomic E-state index is 5.46. The molecule has 0 aromatic heterocycles. The molecule has 1 nitrogen and oxygen atoms in total. The highest BCUT2D eigenvalue weighted by Crippen LogP contribution is 2.27. The van der Waals surface area contributed by atoms with Crippen LogP contribution in [-0.2, 0) is 19.3 Å². The molecule has 0 spiro atoms. The largest absolute Gasteiger partial charge is 0.496 e. The second kappa shape index (κ2) is 5.04. The number of rotatable bonds is 4. The Kier molecular flexibility index (Phi) is 3.99. The van der Waals surface area contributed by atoms with Crippen LogP contribution in [0.15, 0.2) is 12.1 Å². The van der Waals surface area contributed by atoms with E-state index in [0.29, 0.717) is 0 Å². The zero-order chi connectivity index (χ0) is 10.6. The monoisotopic (exact) mass is 192 g/mol. The molecule has 0 bridgehead atoms. The third-order valence-corrected chi connectivity index (χ3v) is 2.68. The van der Waals surface area contributed by atoms with E-state index in [4.69, 9.17) is 4.74 Å². The summed E-state index contributed by atoms with van der Waals surface area (Å²) in [5.41, 5.74) is 4.09. The summed E-state index contributed by atoms with van der Waals surface area (Å²) in [6.45, 7) is 6.55. The van der Waals surface area contributed by atoms with Crippen LogP contribution in [0.4, 0.5) is 0 Å². The second-order valence-corrected chi connectivity index (χ2v) is 3.51. The quantitative estimate of drug-likeness (QED) is 0.710. The molecule has 0 aliphatic carbocycles. The minimum Gasteiger partial charge on any atom is -0.496 e. The molecule has 0 saturated heterocycles. The van der Waals surface area contributed by atoms with Gasteiger partial charge in [0.2, 0.25) is 0 Å². The van der Waals surface area contributed by atoms with E-state index in [1.54, 1.807) is 7.11 Å². The maximum Gasteiger partial charge on any atom is 0.125 e. The van der Waals surface area contributed by atoms with Crippen LogP contribution in [0, 0.1) is 0 Å². The Morgan fingerprint density at radius 1 is 0.929 bits per heavy atom. The molecule has 0 heterocycles. The summed E-state index contributed by atoms with van der Waals surface area (Å²) in [5, 5.41) is 0. The topological polar surface area (TPSA) is 9.23 Å². The van der Waals surface area contributed by atoms with Crippen molar-refractivity contribution < 1.29 is 4.74 Å². The van der Waals surface area contributed by atoms with Crippen molar-refractivity contribution >= 4 is 0 Å². The van der Waals surface area contributed by atoms with Crippen molar-refractivity contribution in [2.75, 3.05) is 7.11 Å². The summed E-state index contributed by atoms with van der Waals surface area (Å²) < 4.78 is 5.46. The lowest BCUT2D eigenvalue weighted by atomic mass is 9.99. The molecule has 0 atom stereocenters. The summed E-state index contributed by atoms with van der Waals surface area (Å²) in [6, 6.07) is 4.52. The highest BCUT2D eigenvalue weighted by molar-refractivity contribution is 5.44. The van der Waals surface area contributed by atoms with Crippen molar-refractivity contribution in [1.29, 1.82) is 0 Å². The van der Waals surface area contributed by atoms with Crippen molar-refractivity contribution in [2.45, 2.75) is 40.0 Å². The van der Waals surface area contributed by atoms with Crippen LogP contribution >= 0.6 is 0 Å². The molecule has 0 aliphatic heterocycles. The van der Waals surface area contributed by atoms with E-state index in [1.807, 2.05) is 0 Å². The molecule has 0 aliphatic rings. The van der Waals surface area contributed by atoms with E-state index >= 15 is 0 Å². The Balaban J connectivity index is 3.24. The van der Waals surface area contributed by atoms with Gasteiger partial charge >= 0.3 is 0 Å². The summed E-state index contributed by atoms with van der Waals surface area (Å²) in [5.74, 6) is 1.09. The van der Waals surface area contributed by atoms with Gasteiger partial charge in [-0.05, 0) is 36.0 Å². The smallest absolute Gasteiger partial charge is 0.125 e. The van der Waals surface area contributed by atoms with Crippen LogP contribution in [0.25, 0.3) is 0 Å². The third-order valence-electron chi connectivity index (χ3n) is 2.68. The minimum atomic E-state index is 1.05. The van der Waals surface area contributed by atoms with Crippen LogP contribution in [0.3, 0.4) is 0 Å². The molecule has 78 valence electrons. The molecule has 0 fully saturated rings. The number of hydrogen-bond acceptors (Lipinski definition) is 1. The standard InChI is InChI=1S/C13H20O/c1-5-10-8-11(6-2)13(14-4)12(7-3)9-10/h8-9H,5-7H2,1-4H3. The lowest BCUT2D eigenvalue weighted by molar-refractivity contribution is 0.405. The molecule has 0 N–H and O–H groups in total. The molecule has 0 unspecified atom stereocenters. The molecule has 1 rings (SSSR count). The summed E-state index contributed by atoms with van der Waals surface area (Å²) >= 11 is 0. The normalized spacial score (nSPS) is 10.3. The number of benzene rings is 1. The molecule has 0 amide bonds. The van der Waals surface area contributed by atoms with Gasteiger partial charge in [0.25, 0.3) is 0 Å². The average Bonchev–Trinajstić information content (AvgIpc) is 2.26. The average molecular weight is 192 g/mol. The second-order valence-electron chi connectivity index (χ2n) is 3.51. The van der Waals surface area contributed by atoms with Gasteiger partial charge in [0.05, 0.1) is 7.11 Å². The first-order valence-corrected chi connectivity index (χ1v) is 5.45. The van der Waals surface area contributed by atoms with Crippen LogP contribution < -0.4 is 4.74 Å². The molecule has 1 aromatic rings. The minimum absolute atomic E-state index is 1.05. The van der Waals surface area contributed by atoms with E-state index in [0.717, 1.165) is 25.0 Å². The molecular weight excluding hydrogens is 172 g/mol. The number of aryl methyl sites for hydroxylation is 3. The fourth-order valence-corrected chi connectivity index (χ4v) is 1.82. The van der Waals surface area contributed by atoms with Crippen molar-refractivity contribution in [2.24, 2.45) is 0 Å². The Bertz CT molecular complexity index is 277. The Labute approximate surface area is 87.1 Å².